The van der Waals surface area contributed by atoms with Crippen molar-refractivity contribution in [3.8, 4) is 0 Å². The highest BCUT2D eigenvalue weighted by Crippen LogP contribution is 2.38. The Morgan fingerprint density at radius 3 is 2.46 bits per heavy atom. The van der Waals surface area contributed by atoms with Crippen molar-refractivity contribution in [3.05, 3.63) is 78.1 Å². The maximum Gasteiger partial charge on any atom is 0.328 e. The highest BCUT2D eigenvalue weighted by atomic mass is 16.5. The van der Waals surface area contributed by atoms with E-state index in [1.807, 2.05) is 23.1 Å². The van der Waals surface area contributed by atoms with E-state index in [0.717, 1.165) is 25.3 Å². The molecule has 0 atom stereocenters. The molecule has 0 N–H and O–H groups in total. The Hall–Kier alpha value is -3.29. The average Bonchev–Trinajstić information content (AvgIpc) is 3.07. The molecule has 2 saturated heterocycles. The Balaban J connectivity index is 1.31. The predicted octanol–water partition coefficient (Wildman–Crippen LogP) is 4.07. The van der Waals surface area contributed by atoms with Gasteiger partial charge < -0.3 is 9.64 Å². The van der Waals surface area contributed by atoms with Gasteiger partial charge in [-0.05, 0) is 53.8 Å². The quantitative estimate of drug-likeness (QED) is 0.365. The molecule has 2 fully saturated rings. The van der Waals surface area contributed by atoms with Gasteiger partial charge in [-0.1, -0.05) is 42.5 Å². The second-order valence-electron chi connectivity index (χ2n) is 9.48. The van der Waals surface area contributed by atoms with E-state index in [1.165, 1.54) is 21.2 Å². The summed E-state index contributed by atoms with van der Waals surface area (Å²) in [6.45, 7) is 3.66. The minimum Gasteiger partial charge on any atom is -0.385 e. The van der Waals surface area contributed by atoms with Gasteiger partial charge in [-0.15, -0.1) is 0 Å². The number of carbonyl (C=O) groups is 2. The van der Waals surface area contributed by atoms with E-state index in [0.29, 0.717) is 32.4 Å². The van der Waals surface area contributed by atoms with Crippen LogP contribution in [0.1, 0.15) is 30.5 Å². The largest absolute Gasteiger partial charge is 0.385 e. The lowest BCUT2D eigenvalue weighted by atomic mass is 9.85. The molecule has 0 bridgehead atoms. The number of ether oxygens (including phenoxy) is 1. The van der Waals surface area contributed by atoms with Gasteiger partial charge in [-0.25, -0.2) is 4.79 Å². The Kier molecular flexibility index (Phi) is 6.79. The van der Waals surface area contributed by atoms with Crippen LogP contribution in [-0.2, 0) is 22.6 Å². The third-order valence-electron chi connectivity index (χ3n) is 7.30. The fraction of sp³-hybridized carbons (Fsp3) is 0.393. The topological polar surface area (TPSA) is 66.0 Å². The molecule has 7 heteroatoms. The number of fused-ring (bicyclic) bond motifs is 1. The van der Waals surface area contributed by atoms with Crippen molar-refractivity contribution >= 4 is 22.7 Å². The van der Waals surface area contributed by atoms with E-state index in [2.05, 4.69) is 52.3 Å². The van der Waals surface area contributed by atoms with Crippen molar-refractivity contribution in [2.45, 2.75) is 37.9 Å². The number of hydrogen-bond donors (Lipinski definition) is 0. The first-order valence-electron chi connectivity index (χ1n) is 12.3. The number of pyridine rings is 1. The molecular formula is C28H32N4O3. The van der Waals surface area contributed by atoms with Crippen LogP contribution in [0.5, 0.6) is 0 Å². The van der Waals surface area contributed by atoms with Gasteiger partial charge in [0.2, 0.25) is 0 Å². The highest BCUT2D eigenvalue weighted by Gasteiger charge is 2.57. The van der Waals surface area contributed by atoms with Gasteiger partial charge in [-0.2, -0.15) is 0 Å². The Bertz CT molecular complexity index is 1190. The normalized spacial score (nSPS) is 18.2. The Morgan fingerprint density at radius 2 is 1.71 bits per heavy atom. The average molecular weight is 473 g/mol. The number of urea groups is 1. The molecule has 0 radical (unpaired) electrons. The van der Waals surface area contributed by atoms with Crippen molar-refractivity contribution in [1.82, 2.24) is 19.7 Å². The van der Waals surface area contributed by atoms with E-state index in [9.17, 15) is 9.59 Å². The SMILES string of the molecule is COCCCN1C(=O)N(Cc2ccccn2)C(=O)C12CCN(Cc1ccc3ccccc3c1)CC2. The summed E-state index contributed by atoms with van der Waals surface area (Å²) in [4.78, 5) is 37.1. The zero-order valence-corrected chi connectivity index (χ0v) is 20.2. The standard InChI is InChI=1S/C28H32N4O3/c1-35-18-6-15-32-27(34)31(21-25-9-4-5-14-29-25)26(33)28(32)12-16-30(17-13-28)20-22-10-11-23-7-2-3-8-24(23)19-22/h2-5,7-11,14,19H,6,12-13,15-18,20-21H2,1H3. The van der Waals surface area contributed by atoms with Crippen molar-refractivity contribution in [1.29, 1.82) is 0 Å². The van der Waals surface area contributed by atoms with Crippen LogP contribution in [0.4, 0.5) is 4.79 Å². The van der Waals surface area contributed by atoms with E-state index in [-0.39, 0.29) is 18.5 Å². The minimum absolute atomic E-state index is 0.0871. The molecule has 3 aromatic rings. The summed E-state index contributed by atoms with van der Waals surface area (Å²) in [6.07, 6.45) is 3.67. The summed E-state index contributed by atoms with van der Waals surface area (Å²) in [5.74, 6) is -0.0871. The number of rotatable bonds is 8. The second kappa shape index (κ2) is 10.1. The van der Waals surface area contributed by atoms with Crippen molar-refractivity contribution < 1.29 is 14.3 Å². The van der Waals surface area contributed by atoms with Gasteiger partial charge in [0, 0.05) is 46.1 Å². The first-order chi connectivity index (χ1) is 17.1. The fourth-order valence-corrected chi connectivity index (χ4v) is 5.41. The summed E-state index contributed by atoms with van der Waals surface area (Å²) in [5, 5.41) is 2.48. The summed E-state index contributed by atoms with van der Waals surface area (Å²) >= 11 is 0. The van der Waals surface area contributed by atoms with Crippen molar-refractivity contribution in [3.63, 3.8) is 0 Å². The molecule has 7 nitrogen and oxygen atoms in total. The number of likely N-dealkylation sites (tertiary alicyclic amines) is 1. The minimum atomic E-state index is -0.778. The number of hydrogen-bond acceptors (Lipinski definition) is 5. The van der Waals surface area contributed by atoms with Crippen LogP contribution in [0, 0.1) is 0 Å². The lowest BCUT2D eigenvalue weighted by molar-refractivity contribution is -0.136. The Labute approximate surface area is 206 Å². The molecule has 0 saturated carbocycles. The van der Waals surface area contributed by atoms with Gasteiger partial charge in [0.05, 0.1) is 12.2 Å². The van der Waals surface area contributed by atoms with Crippen LogP contribution in [0.25, 0.3) is 10.8 Å². The number of benzene rings is 2. The van der Waals surface area contributed by atoms with E-state index in [4.69, 9.17) is 4.74 Å². The molecule has 0 unspecified atom stereocenters. The van der Waals surface area contributed by atoms with Gasteiger partial charge in [0.1, 0.15) is 5.54 Å². The smallest absolute Gasteiger partial charge is 0.328 e. The highest BCUT2D eigenvalue weighted by molar-refractivity contribution is 6.07. The second-order valence-corrected chi connectivity index (χ2v) is 9.48. The molecule has 3 heterocycles. The molecule has 182 valence electrons. The van der Waals surface area contributed by atoms with E-state index >= 15 is 0 Å². The summed E-state index contributed by atoms with van der Waals surface area (Å²) < 4.78 is 5.22. The van der Waals surface area contributed by atoms with E-state index in [1.54, 1.807) is 13.3 Å². The zero-order chi connectivity index (χ0) is 24.3. The maximum atomic E-state index is 13.7. The Morgan fingerprint density at radius 1 is 0.943 bits per heavy atom. The number of nitrogens with zero attached hydrogens (tertiary/aromatic N) is 4. The molecule has 2 aromatic carbocycles. The first-order valence-corrected chi connectivity index (χ1v) is 12.3. The van der Waals surface area contributed by atoms with Gasteiger partial charge in [-0.3, -0.25) is 19.6 Å². The molecule has 2 aliphatic heterocycles. The zero-order valence-electron chi connectivity index (χ0n) is 20.2. The van der Waals surface area contributed by atoms with Gasteiger partial charge >= 0.3 is 6.03 Å². The van der Waals surface area contributed by atoms with E-state index < -0.39 is 5.54 Å². The number of aromatic nitrogens is 1. The summed E-state index contributed by atoms with van der Waals surface area (Å²) in [7, 11) is 1.66. The first kappa shape index (κ1) is 23.5. The van der Waals surface area contributed by atoms with Crippen LogP contribution in [-0.4, -0.2) is 70.5 Å². The fourth-order valence-electron chi connectivity index (χ4n) is 5.41. The van der Waals surface area contributed by atoms with Crippen molar-refractivity contribution in [2.75, 3.05) is 33.4 Å². The molecule has 5 rings (SSSR count). The molecule has 1 spiro atoms. The van der Waals surface area contributed by atoms with Crippen LogP contribution < -0.4 is 0 Å². The summed E-state index contributed by atoms with van der Waals surface area (Å²) in [6, 6.07) is 20.3. The van der Waals surface area contributed by atoms with Crippen LogP contribution in [0.2, 0.25) is 0 Å². The number of imide groups is 1. The van der Waals surface area contributed by atoms with Crippen LogP contribution >= 0.6 is 0 Å². The van der Waals surface area contributed by atoms with Crippen LogP contribution in [0.15, 0.2) is 66.9 Å². The lowest BCUT2D eigenvalue weighted by Gasteiger charge is -2.42. The monoisotopic (exact) mass is 472 g/mol. The molecule has 0 aliphatic carbocycles. The number of methoxy groups -OCH3 is 1. The number of piperidine rings is 1. The van der Waals surface area contributed by atoms with Crippen LogP contribution in [0.3, 0.4) is 0 Å². The third kappa shape index (κ3) is 4.66. The summed E-state index contributed by atoms with van der Waals surface area (Å²) in [5.41, 5.74) is 1.21. The lowest BCUT2D eigenvalue weighted by Crippen LogP contribution is -2.56. The molecule has 3 amide bonds. The van der Waals surface area contributed by atoms with Gasteiger partial charge in [0.15, 0.2) is 0 Å². The molecule has 1 aromatic heterocycles. The third-order valence-corrected chi connectivity index (χ3v) is 7.30. The molecule has 2 aliphatic rings. The maximum absolute atomic E-state index is 13.7. The number of carbonyl (C=O) groups excluding carboxylic acids is 2. The predicted molar refractivity (Wildman–Crippen MR) is 135 cm³/mol. The van der Waals surface area contributed by atoms with Gasteiger partial charge in [0.25, 0.3) is 5.91 Å². The number of amides is 3. The molecule has 35 heavy (non-hydrogen) atoms. The molecular weight excluding hydrogens is 440 g/mol. The van der Waals surface area contributed by atoms with Crippen molar-refractivity contribution in [2.24, 2.45) is 0 Å².